The molecule has 194 valence electrons. The molecule has 1 aliphatic heterocycles. The number of rotatable bonds is 7. The van der Waals surface area contributed by atoms with Gasteiger partial charge >= 0.3 is 0 Å². The number of halogens is 3. The minimum absolute atomic E-state index is 0.0606. The molecule has 0 unspecified atom stereocenters. The van der Waals surface area contributed by atoms with E-state index in [0.717, 1.165) is 30.7 Å². The molecule has 5 rings (SSSR count). The number of ether oxygens (including phenoxy) is 2. The highest BCUT2D eigenvalue weighted by atomic mass is 19.2. The Morgan fingerprint density at radius 3 is 2.56 bits per heavy atom. The predicted molar refractivity (Wildman–Crippen MR) is 118 cm³/mol. The van der Waals surface area contributed by atoms with E-state index in [9.17, 15) is 23.4 Å². The second-order valence-corrected chi connectivity index (χ2v) is 9.23. The monoisotopic (exact) mass is 508 g/mol. The van der Waals surface area contributed by atoms with Crippen LogP contribution in [0.1, 0.15) is 43.3 Å². The molecule has 1 aromatic carbocycles. The van der Waals surface area contributed by atoms with Gasteiger partial charge in [-0.05, 0) is 25.0 Å². The van der Waals surface area contributed by atoms with E-state index in [2.05, 4.69) is 20.6 Å². The second kappa shape index (κ2) is 10.2. The lowest BCUT2D eigenvalue weighted by Crippen LogP contribution is -2.57. The van der Waals surface area contributed by atoms with Crippen molar-refractivity contribution in [3.63, 3.8) is 0 Å². The van der Waals surface area contributed by atoms with Gasteiger partial charge in [0.05, 0.1) is 25.0 Å². The Balaban J connectivity index is 1.42. The van der Waals surface area contributed by atoms with Gasteiger partial charge in [0.15, 0.2) is 17.5 Å². The zero-order valence-electron chi connectivity index (χ0n) is 19.5. The summed E-state index contributed by atoms with van der Waals surface area (Å²) in [6.07, 6.45) is 4.00. The summed E-state index contributed by atoms with van der Waals surface area (Å²) in [7, 11) is 1.44. The van der Waals surface area contributed by atoms with Crippen molar-refractivity contribution in [2.24, 2.45) is 0 Å². The average molecular weight is 509 g/mol. The van der Waals surface area contributed by atoms with Crippen LogP contribution >= 0.6 is 0 Å². The number of aliphatic hydroxyl groups excluding tert-OH is 2. The molecule has 2 aromatic heterocycles. The van der Waals surface area contributed by atoms with Gasteiger partial charge in [-0.2, -0.15) is 0 Å². The van der Waals surface area contributed by atoms with Gasteiger partial charge in [-0.3, -0.25) is 0 Å². The molecule has 10 nitrogen and oxygen atoms in total. The normalized spacial score (nSPS) is 27.1. The standard InChI is InChI=1S/C23H27F3N6O4/c1-35-23-17(10-31-8-15(27-29-31)12-4-2-3-5-12)36-18(11-33)22(34)21(23)32-9-16(28-30-32)13-6-7-14(24)20(26)19(13)25/h6-9,12,17-18,21-23,33-34H,2-5,10-11H2,1H3/t17-,18-,21+,22+,23+/m1/s1. The van der Waals surface area contributed by atoms with Crippen molar-refractivity contribution in [3.8, 4) is 11.3 Å². The summed E-state index contributed by atoms with van der Waals surface area (Å²) in [4.78, 5) is 0. The number of hydrogen-bond donors (Lipinski definition) is 2. The van der Waals surface area contributed by atoms with Crippen LogP contribution in [-0.2, 0) is 16.0 Å². The summed E-state index contributed by atoms with van der Waals surface area (Å²) in [6, 6.07) is 0.963. The van der Waals surface area contributed by atoms with Crippen molar-refractivity contribution in [1.82, 2.24) is 30.0 Å². The highest BCUT2D eigenvalue weighted by Gasteiger charge is 2.47. The van der Waals surface area contributed by atoms with E-state index in [1.165, 1.54) is 30.8 Å². The van der Waals surface area contributed by atoms with Crippen LogP contribution in [0.3, 0.4) is 0 Å². The zero-order chi connectivity index (χ0) is 25.4. The van der Waals surface area contributed by atoms with Crippen LogP contribution in [0.25, 0.3) is 11.3 Å². The van der Waals surface area contributed by atoms with Gasteiger partial charge in [0.1, 0.15) is 36.2 Å². The fourth-order valence-electron chi connectivity index (χ4n) is 5.18. The summed E-state index contributed by atoms with van der Waals surface area (Å²) in [5.74, 6) is -3.95. The minimum Gasteiger partial charge on any atom is -0.394 e. The molecule has 0 radical (unpaired) electrons. The molecule has 36 heavy (non-hydrogen) atoms. The first-order valence-corrected chi connectivity index (χ1v) is 11.8. The van der Waals surface area contributed by atoms with Crippen molar-refractivity contribution < 1.29 is 32.9 Å². The molecule has 0 bridgehead atoms. The highest BCUT2D eigenvalue weighted by molar-refractivity contribution is 5.58. The molecule has 3 aromatic rings. The van der Waals surface area contributed by atoms with E-state index in [0.29, 0.717) is 5.92 Å². The number of benzene rings is 1. The molecule has 3 heterocycles. The van der Waals surface area contributed by atoms with E-state index >= 15 is 0 Å². The summed E-state index contributed by atoms with van der Waals surface area (Å²) in [5, 5.41) is 37.2. The number of hydrogen-bond acceptors (Lipinski definition) is 8. The number of nitrogens with zero attached hydrogens (tertiary/aromatic N) is 6. The SMILES string of the molecule is CO[C@@H]1[C@@H](n2cc(-c3ccc(F)c(F)c3F)nn2)[C@@H](O)[C@@H](CO)O[C@@H]1Cn1cc(C2CCCC2)nn1. The number of aliphatic hydroxyl groups is 2. The van der Waals surface area contributed by atoms with Crippen molar-refractivity contribution in [2.75, 3.05) is 13.7 Å². The zero-order valence-corrected chi connectivity index (χ0v) is 19.5. The van der Waals surface area contributed by atoms with Gasteiger partial charge in [0, 0.05) is 24.8 Å². The van der Waals surface area contributed by atoms with E-state index in [1.807, 2.05) is 6.20 Å². The Bertz CT molecular complexity index is 1200. The topological polar surface area (TPSA) is 120 Å². The van der Waals surface area contributed by atoms with E-state index in [4.69, 9.17) is 9.47 Å². The Hall–Kier alpha value is -2.87. The highest BCUT2D eigenvalue weighted by Crippen LogP contribution is 2.35. The average Bonchev–Trinajstić information content (AvgIpc) is 3.65. The van der Waals surface area contributed by atoms with Crippen LogP contribution in [0, 0.1) is 17.5 Å². The fraction of sp³-hybridized carbons (Fsp3) is 0.565. The first kappa shape index (κ1) is 24.8. The van der Waals surface area contributed by atoms with Crippen LogP contribution in [0.2, 0.25) is 0 Å². The van der Waals surface area contributed by atoms with Gasteiger partial charge in [-0.25, -0.2) is 22.5 Å². The lowest BCUT2D eigenvalue weighted by Gasteiger charge is -2.43. The van der Waals surface area contributed by atoms with Gasteiger partial charge in [0.25, 0.3) is 0 Å². The molecule has 13 heteroatoms. The maximum atomic E-state index is 14.3. The molecule has 0 spiro atoms. The molecular formula is C23H27F3N6O4. The second-order valence-electron chi connectivity index (χ2n) is 9.23. The van der Waals surface area contributed by atoms with Crippen molar-refractivity contribution in [2.45, 2.75) is 68.6 Å². The minimum atomic E-state index is -1.62. The summed E-state index contributed by atoms with van der Waals surface area (Å²) in [6.45, 7) is -0.244. The van der Waals surface area contributed by atoms with Crippen LogP contribution in [0.5, 0.6) is 0 Å². The predicted octanol–water partition coefficient (Wildman–Crippen LogP) is 1.99. The first-order valence-electron chi connectivity index (χ1n) is 11.8. The van der Waals surface area contributed by atoms with Crippen molar-refractivity contribution in [1.29, 1.82) is 0 Å². The molecule has 0 amide bonds. The van der Waals surface area contributed by atoms with Crippen molar-refractivity contribution in [3.05, 3.63) is 47.7 Å². The van der Waals surface area contributed by atoms with Gasteiger partial charge in [0.2, 0.25) is 0 Å². The molecule has 1 saturated carbocycles. The molecule has 5 atom stereocenters. The molecule has 2 fully saturated rings. The summed E-state index contributed by atoms with van der Waals surface area (Å²) in [5.41, 5.74) is 0.574. The number of aromatic nitrogens is 6. The third-order valence-electron chi connectivity index (χ3n) is 7.06. The van der Waals surface area contributed by atoms with Crippen LogP contribution in [0.4, 0.5) is 13.2 Å². The smallest absolute Gasteiger partial charge is 0.195 e. The largest absolute Gasteiger partial charge is 0.394 e. The molecule has 2 aliphatic rings. The third-order valence-corrected chi connectivity index (χ3v) is 7.06. The van der Waals surface area contributed by atoms with Gasteiger partial charge in [-0.1, -0.05) is 23.3 Å². The van der Waals surface area contributed by atoms with Gasteiger partial charge < -0.3 is 19.7 Å². The lowest BCUT2D eigenvalue weighted by molar-refractivity contribution is -0.216. The Morgan fingerprint density at radius 2 is 1.83 bits per heavy atom. The number of methoxy groups -OCH3 is 1. The van der Waals surface area contributed by atoms with E-state index < -0.39 is 54.5 Å². The maximum absolute atomic E-state index is 14.3. The molecule has 1 saturated heterocycles. The van der Waals surface area contributed by atoms with E-state index in [1.54, 1.807) is 4.68 Å². The lowest BCUT2D eigenvalue weighted by atomic mass is 9.92. The Morgan fingerprint density at radius 1 is 1.06 bits per heavy atom. The van der Waals surface area contributed by atoms with Crippen molar-refractivity contribution >= 4 is 0 Å². The fourth-order valence-corrected chi connectivity index (χ4v) is 5.18. The molecule has 2 N–H and O–H groups in total. The quantitative estimate of drug-likeness (QED) is 0.465. The first-order chi connectivity index (χ1) is 17.4. The molecule has 1 aliphatic carbocycles. The summed E-state index contributed by atoms with van der Waals surface area (Å²) < 4.78 is 56.0. The Labute approximate surface area is 204 Å². The van der Waals surface area contributed by atoms with Gasteiger partial charge in [-0.15, -0.1) is 10.2 Å². The maximum Gasteiger partial charge on any atom is 0.195 e. The third kappa shape index (κ3) is 4.51. The van der Waals surface area contributed by atoms with E-state index in [-0.39, 0.29) is 17.8 Å². The molecular weight excluding hydrogens is 481 g/mol. The summed E-state index contributed by atoms with van der Waals surface area (Å²) >= 11 is 0. The Kier molecular flexibility index (Phi) is 7.06. The van der Waals surface area contributed by atoms with Crippen LogP contribution in [-0.4, -0.2) is 78.3 Å². The van der Waals surface area contributed by atoms with Crippen LogP contribution < -0.4 is 0 Å². The van der Waals surface area contributed by atoms with Crippen LogP contribution in [0.15, 0.2) is 24.5 Å².